The van der Waals surface area contributed by atoms with Crippen LogP contribution >= 0.6 is 0 Å². The maximum Gasteiger partial charge on any atom is 0.259 e. The zero-order chi connectivity index (χ0) is 9.97. The molecule has 1 unspecified atom stereocenters. The van der Waals surface area contributed by atoms with Crippen LogP contribution in [0.2, 0.25) is 0 Å². The third-order valence-corrected chi connectivity index (χ3v) is 2.45. The predicted octanol–water partition coefficient (Wildman–Crippen LogP) is 0.766. The Kier molecular flexibility index (Phi) is 2.65. The highest BCUT2D eigenvalue weighted by atomic mass is 16.5. The van der Waals surface area contributed by atoms with Gasteiger partial charge in [-0.15, -0.1) is 0 Å². The smallest absolute Gasteiger partial charge is 0.259 e. The van der Waals surface area contributed by atoms with Gasteiger partial charge < -0.3 is 10.5 Å². The Morgan fingerprint density at radius 2 is 2.57 bits per heavy atom. The van der Waals surface area contributed by atoms with E-state index >= 15 is 0 Å². The summed E-state index contributed by atoms with van der Waals surface area (Å²) in [6, 6.07) is 1.85. The van der Waals surface area contributed by atoms with Gasteiger partial charge in [-0.05, 0) is 24.5 Å². The molecule has 1 aromatic heterocycles. The van der Waals surface area contributed by atoms with E-state index in [0.717, 1.165) is 18.4 Å². The number of nitrogens with two attached hydrogens (primary N) is 1. The van der Waals surface area contributed by atoms with Crippen molar-refractivity contribution in [3.05, 3.63) is 24.0 Å². The lowest BCUT2D eigenvalue weighted by Gasteiger charge is -2.07. The van der Waals surface area contributed by atoms with E-state index in [1.807, 2.05) is 6.07 Å². The van der Waals surface area contributed by atoms with Crippen LogP contribution in [0.5, 0.6) is 0 Å². The fourth-order valence-corrected chi connectivity index (χ4v) is 1.64. The first-order valence-electron chi connectivity index (χ1n) is 4.84. The Bertz CT molecular complexity index is 327. The monoisotopic (exact) mass is 194 g/mol. The molecule has 1 aromatic rings. The lowest BCUT2D eigenvalue weighted by molar-refractivity contribution is 0.0555. The topological polar surface area (TPSA) is 57.2 Å². The van der Waals surface area contributed by atoms with Crippen LogP contribution in [0.4, 0.5) is 0 Å². The highest BCUT2D eigenvalue weighted by molar-refractivity contribution is 5.83. The van der Waals surface area contributed by atoms with E-state index < -0.39 is 0 Å². The number of hydrogen-bond acceptors (Lipinski definition) is 3. The van der Waals surface area contributed by atoms with Gasteiger partial charge in [0.05, 0.1) is 0 Å². The highest BCUT2D eigenvalue weighted by Gasteiger charge is 2.24. The molecule has 1 atom stereocenters. The van der Waals surface area contributed by atoms with Gasteiger partial charge in [0, 0.05) is 25.5 Å². The van der Waals surface area contributed by atoms with E-state index in [2.05, 4.69) is 0 Å². The molecule has 0 spiro atoms. The molecule has 4 nitrogen and oxygen atoms in total. The van der Waals surface area contributed by atoms with Crippen LogP contribution < -0.4 is 5.73 Å². The Morgan fingerprint density at radius 1 is 1.71 bits per heavy atom. The SMILES string of the molecule is NCc1ccn(C(=O)C2CCCO2)c1. The van der Waals surface area contributed by atoms with Crippen molar-refractivity contribution in [2.24, 2.45) is 5.73 Å². The van der Waals surface area contributed by atoms with Crippen molar-refractivity contribution in [3.8, 4) is 0 Å². The molecule has 0 bridgehead atoms. The minimum Gasteiger partial charge on any atom is -0.368 e. The zero-order valence-electron chi connectivity index (χ0n) is 7.98. The van der Waals surface area contributed by atoms with Crippen molar-refractivity contribution in [2.75, 3.05) is 6.61 Å². The number of aromatic nitrogens is 1. The summed E-state index contributed by atoms with van der Waals surface area (Å²) in [5.41, 5.74) is 6.43. The summed E-state index contributed by atoms with van der Waals surface area (Å²) in [5.74, 6) is 0.0159. The number of nitrogens with zero attached hydrogens (tertiary/aromatic N) is 1. The van der Waals surface area contributed by atoms with E-state index in [0.29, 0.717) is 13.2 Å². The molecule has 2 N–H and O–H groups in total. The lowest BCUT2D eigenvalue weighted by Crippen LogP contribution is -2.24. The number of carbonyl (C=O) groups is 1. The van der Waals surface area contributed by atoms with Crippen LogP contribution in [0, 0.1) is 0 Å². The third kappa shape index (κ3) is 1.71. The maximum absolute atomic E-state index is 11.8. The van der Waals surface area contributed by atoms with Gasteiger partial charge in [0.2, 0.25) is 0 Å². The summed E-state index contributed by atoms with van der Waals surface area (Å²) < 4.78 is 6.88. The molecule has 4 heteroatoms. The standard InChI is InChI=1S/C10H14N2O2/c11-6-8-3-4-12(7-8)10(13)9-2-1-5-14-9/h3-4,7,9H,1-2,5-6,11H2. The van der Waals surface area contributed by atoms with E-state index in [1.54, 1.807) is 17.0 Å². The van der Waals surface area contributed by atoms with Gasteiger partial charge in [-0.3, -0.25) is 9.36 Å². The molecule has 2 rings (SSSR count). The summed E-state index contributed by atoms with van der Waals surface area (Å²) in [6.07, 6.45) is 5.06. The van der Waals surface area contributed by atoms with Crippen molar-refractivity contribution < 1.29 is 9.53 Å². The Hall–Kier alpha value is -1.13. The number of rotatable bonds is 2. The van der Waals surface area contributed by atoms with Crippen molar-refractivity contribution in [1.82, 2.24) is 4.57 Å². The van der Waals surface area contributed by atoms with Crippen LogP contribution in [0.15, 0.2) is 18.5 Å². The first-order valence-corrected chi connectivity index (χ1v) is 4.84. The molecular formula is C10H14N2O2. The van der Waals surface area contributed by atoms with E-state index in [-0.39, 0.29) is 12.0 Å². The van der Waals surface area contributed by atoms with Crippen molar-refractivity contribution in [2.45, 2.75) is 25.5 Å². The predicted molar refractivity (Wildman–Crippen MR) is 51.9 cm³/mol. The average molecular weight is 194 g/mol. The Morgan fingerprint density at radius 3 is 3.14 bits per heavy atom. The second kappa shape index (κ2) is 3.94. The van der Waals surface area contributed by atoms with E-state index in [4.69, 9.17) is 10.5 Å². The fourth-order valence-electron chi connectivity index (χ4n) is 1.64. The molecule has 0 aliphatic carbocycles. The minimum atomic E-state index is -0.256. The molecule has 1 fully saturated rings. The molecule has 1 saturated heterocycles. The van der Waals surface area contributed by atoms with Crippen molar-refractivity contribution in [1.29, 1.82) is 0 Å². The van der Waals surface area contributed by atoms with Gasteiger partial charge in [0.25, 0.3) is 5.91 Å². The molecular weight excluding hydrogens is 180 g/mol. The molecule has 0 saturated carbocycles. The molecule has 0 amide bonds. The molecule has 14 heavy (non-hydrogen) atoms. The van der Waals surface area contributed by atoms with Crippen LogP contribution in [0.1, 0.15) is 23.2 Å². The molecule has 0 aromatic carbocycles. The Labute approximate surface area is 82.6 Å². The van der Waals surface area contributed by atoms with Crippen molar-refractivity contribution in [3.63, 3.8) is 0 Å². The molecule has 2 heterocycles. The fraction of sp³-hybridized carbons (Fsp3) is 0.500. The Balaban J connectivity index is 2.09. The second-order valence-corrected chi connectivity index (χ2v) is 3.47. The van der Waals surface area contributed by atoms with Gasteiger partial charge in [0.15, 0.2) is 0 Å². The third-order valence-electron chi connectivity index (χ3n) is 2.45. The van der Waals surface area contributed by atoms with Crippen LogP contribution in [0.25, 0.3) is 0 Å². The van der Waals surface area contributed by atoms with Gasteiger partial charge in [0.1, 0.15) is 6.10 Å². The first kappa shape index (κ1) is 9.43. The summed E-state index contributed by atoms with van der Waals surface area (Å²) in [6.45, 7) is 1.16. The summed E-state index contributed by atoms with van der Waals surface area (Å²) >= 11 is 0. The average Bonchev–Trinajstić information content (AvgIpc) is 2.88. The number of hydrogen-bond donors (Lipinski definition) is 1. The maximum atomic E-state index is 11.8. The van der Waals surface area contributed by atoms with Gasteiger partial charge in [-0.1, -0.05) is 0 Å². The van der Waals surface area contributed by atoms with Gasteiger partial charge in [-0.25, -0.2) is 0 Å². The summed E-state index contributed by atoms with van der Waals surface area (Å²) in [5, 5.41) is 0. The highest BCUT2D eigenvalue weighted by Crippen LogP contribution is 2.14. The van der Waals surface area contributed by atoms with Crippen molar-refractivity contribution >= 4 is 5.91 Å². The summed E-state index contributed by atoms with van der Waals surface area (Å²) in [7, 11) is 0. The number of carbonyl (C=O) groups excluding carboxylic acids is 1. The quantitative estimate of drug-likeness (QED) is 0.756. The molecule has 1 aliphatic heterocycles. The van der Waals surface area contributed by atoms with Crippen LogP contribution in [-0.4, -0.2) is 23.2 Å². The van der Waals surface area contributed by atoms with Gasteiger partial charge in [-0.2, -0.15) is 0 Å². The molecule has 1 aliphatic rings. The number of ether oxygens (including phenoxy) is 1. The van der Waals surface area contributed by atoms with Crippen LogP contribution in [0.3, 0.4) is 0 Å². The first-order chi connectivity index (χ1) is 6.81. The lowest BCUT2D eigenvalue weighted by atomic mass is 10.2. The second-order valence-electron chi connectivity index (χ2n) is 3.47. The van der Waals surface area contributed by atoms with Crippen LogP contribution in [-0.2, 0) is 11.3 Å². The zero-order valence-corrected chi connectivity index (χ0v) is 7.98. The molecule has 76 valence electrons. The molecule has 0 radical (unpaired) electrons. The van der Waals surface area contributed by atoms with E-state index in [9.17, 15) is 4.79 Å². The van der Waals surface area contributed by atoms with Gasteiger partial charge >= 0.3 is 0 Å². The largest absolute Gasteiger partial charge is 0.368 e. The summed E-state index contributed by atoms with van der Waals surface area (Å²) in [4.78, 5) is 11.8. The minimum absolute atomic E-state index is 0.0159. The normalized spacial score (nSPS) is 21.4. The van der Waals surface area contributed by atoms with E-state index in [1.165, 1.54) is 0 Å².